The van der Waals surface area contributed by atoms with Crippen LogP contribution in [0.25, 0.3) is 0 Å². The summed E-state index contributed by atoms with van der Waals surface area (Å²) in [7, 11) is 0. The number of hydrogen-bond donors (Lipinski definition) is 0. The van der Waals surface area contributed by atoms with Gasteiger partial charge in [0.2, 0.25) is 0 Å². The van der Waals surface area contributed by atoms with E-state index in [1.807, 2.05) is 0 Å². The number of alkyl halides is 1. The van der Waals surface area contributed by atoms with Crippen molar-refractivity contribution in [3.63, 3.8) is 0 Å². The summed E-state index contributed by atoms with van der Waals surface area (Å²) < 4.78 is 4.62. The van der Waals surface area contributed by atoms with Crippen LogP contribution in [0.1, 0.15) is 22.8 Å². The first-order chi connectivity index (χ1) is 7.19. The SMILES string of the molecule is CCOC(=O)C(=O)c1ccc(CBr)cc1. The number of halogens is 1. The Morgan fingerprint density at radius 3 is 2.33 bits per heavy atom. The molecule has 0 aliphatic heterocycles. The van der Waals surface area contributed by atoms with Crippen LogP contribution < -0.4 is 0 Å². The first-order valence-corrected chi connectivity index (χ1v) is 5.67. The van der Waals surface area contributed by atoms with Gasteiger partial charge in [0.25, 0.3) is 5.78 Å². The topological polar surface area (TPSA) is 43.4 Å². The predicted molar refractivity (Wildman–Crippen MR) is 60.0 cm³/mol. The third-order valence-corrected chi connectivity index (χ3v) is 2.48. The van der Waals surface area contributed by atoms with E-state index in [9.17, 15) is 9.59 Å². The van der Waals surface area contributed by atoms with Gasteiger partial charge in [-0.25, -0.2) is 4.79 Å². The van der Waals surface area contributed by atoms with Gasteiger partial charge in [0.15, 0.2) is 0 Å². The van der Waals surface area contributed by atoms with Crippen molar-refractivity contribution in [1.82, 2.24) is 0 Å². The summed E-state index contributed by atoms with van der Waals surface area (Å²) in [5.74, 6) is -1.40. The van der Waals surface area contributed by atoms with E-state index in [2.05, 4.69) is 20.7 Å². The van der Waals surface area contributed by atoms with Crippen LogP contribution in [-0.2, 0) is 14.9 Å². The van der Waals surface area contributed by atoms with Gasteiger partial charge in [0, 0.05) is 10.9 Å². The summed E-state index contributed by atoms with van der Waals surface area (Å²) in [6.45, 7) is 1.88. The fraction of sp³-hybridized carbons (Fsp3) is 0.273. The number of carbonyl (C=O) groups excluding carboxylic acids is 2. The van der Waals surface area contributed by atoms with Crippen LogP contribution in [0.15, 0.2) is 24.3 Å². The Hall–Kier alpha value is -1.16. The molecule has 15 heavy (non-hydrogen) atoms. The number of carbonyl (C=O) groups is 2. The number of esters is 1. The minimum absolute atomic E-state index is 0.212. The van der Waals surface area contributed by atoms with E-state index in [0.717, 1.165) is 10.9 Å². The van der Waals surface area contributed by atoms with Crippen molar-refractivity contribution in [2.75, 3.05) is 6.61 Å². The lowest BCUT2D eigenvalue weighted by molar-refractivity contribution is -0.137. The van der Waals surface area contributed by atoms with E-state index in [0.29, 0.717) is 5.56 Å². The molecule has 0 saturated carbocycles. The van der Waals surface area contributed by atoms with Gasteiger partial charge in [-0.2, -0.15) is 0 Å². The minimum atomic E-state index is -0.802. The monoisotopic (exact) mass is 270 g/mol. The van der Waals surface area contributed by atoms with Crippen LogP contribution in [0.5, 0.6) is 0 Å². The highest BCUT2D eigenvalue weighted by molar-refractivity contribution is 9.08. The molecule has 3 nitrogen and oxygen atoms in total. The summed E-state index contributed by atoms with van der Waals surface area (Å²) in [4.78, 5) is 22.6. The summed E-state index contributed by atoms with van der Waals surface area (Å²) in [5, 5.41) is 0.723. The van der Waals surface area contributed by atoms with Crippen LogP contribution in [-0.4, -0.2) is 18.4 Å². The standard InChI is InChI=1S/C11H11BrO3/c1-2-15-11(14)10(13)9-5-3-8(7-12)4-6-9/h3-6H,2,7H2,1H3. The lowest BCUT2D eigenvalue weighted by Gasteiger charge is -2.01. The molecular weight excluding hydrogens is 260 g/mol. The molecule has 0 aliphatic carbocycles. The number of rotatable bonds is 4. The molecule has 80 valence electrons. The smallest absolute Gasteiger partial charge is 0.379 e. The molecule has 1 aromatic carbocycles. The molecule has 0 aliphatic rings. The van der Waals surface area contributed by atoms with Crippen molar-refractivity contribution >= 4 is 27.7 Å². The summed E-state index contributed by atoms with van der Waals surface area (Å²) in [6.07, 6.45) is 0. The quantitative estimate of drug-likeness (QED) is 0.365. The van der Waals surface area contributed by atoms with Gasteiger partial charge in [-0.1, -0.05) is 40.2 Å². The Bertz CT molecular complexity index is 357. The third kappa shape index (κ3) is 3.16. The molecule has 4 heteroatoms. The van der Waals surface area contributed by atoms with Gasteiger partial charge < -0.3 is 4.74 Å². The fourth-order valence-electron chi connectivity index (χ4n) is 1.06. The maximum absolute atomic E-state index is 11.4. The van der Waals surface area contributed by atoms with Crippen LogP contribution in [0.4, 0.5) is 0 Å². The molecule has 1 rings (SSSR count). The van der Waals surface area contributed by atoms with E-state index < -0.39 is 11.8 Å². The highest BCUT2D eigenvalue weighted by Gasteiger charge is 2.16. The van der Waals surface area contributed by atoms with Gasteiger partial charge in [-0.05, 0) is 12.5 Å². The van der Waals surface area contributed by atoms with Crippen LogP contribution in [0.3, 0.4) is 0 Å². The number of Topliss-reactive ketones (excluding diaryl/α,β-unsaturated/α-hetero) is 1. The zero-order chi connectivity index (χ0) is 11.3. The molecule has 0 N–H and O–H groups in total. The van der Waals surface area contributed by atoms with Crippen molar-refractivity contribution in [3.8, 4) is 0 Å². The highest BCUT2D eigenvalue weighted by Crippen LogP contribution is 2.09. The van der Waals surface area contributed by atoms with E-state index in [4.69, 9.17) is 0 Å². The number of ketones is 1. The second kappa shape index (κ2) is 5.66. The molecule has 0 heterocycles. The van der Waals surface area contributed by atoms with Crippen LogP contribution >= 0.6 is 15.9 Å². The first kappa shape index (κ1) is 11.9. The van der Waals surface area contributed by atoms with Gasteiger partial charge in [0.05, 0.1) is 6.61 Å². The van der Waals surface area contributed by atoms with Gasteiger partial charge in [-0.3, -0.25) is 4.79 Å². The molecule has 0 bridgehead atoms. The molecule has 0 aromatic heterocycles. The highest BCUT2D eigenvalue weighted by atomic mass is 79.9. The van der Waals surface area contributed by atoms with Crippen molar-refractivity contribution in [2.45, 2.75) is 12.3 Å². The maximum atomic E-state index is 11.4. The van der Waals surface area contributed by atoms with E-state index in [1.165, 1.54) is 0 Å². The molecule has 1 aromatic rings. The second-order valence-corrected chi connectivity index (χ2v) is 3.44. The van der Waals surface area contributed by atoms with Crippen molar-refractivity contribution < 1.29 is 14.3 Å². The lowest BCUT2D eigenvalue weighted by atomic mass is 10.1. The lowest BCUT2D eigenvalue weighted by Crippen LogP contribution is -2.17. The summed E-state index contributed by atoms with van der Waals surface area (Å²) >= 11 is 3.30. The van der Waals surface area contributed by atoms with Crippen molar-refractivity contribution in [1.29, 1.82) is 0 Å². The second-order valence-electron chi connectivity index (χ2n) is 2.88. The molecule has 0 spiro atoms. The largest absolute Gasteiger partial charge is 0.460 e. The summed E-state index contributed by atoms with van der Waals surface area (Å²) in [6, 6.07) is 6.83. The summed E-state index contributed by atoms with van der Waals surface area (Å²) in [5.41, 5.74) is 1.41. The van der Waals surface area contributed by atoms with Crippen LogP contribution in [0.2, 0.25) is 0 Å². The average molecular weight is 271 g/mol. The van der Waals surface area contributed by atoms with Gasteiger partial charge in [-0.15, -0.1) is 0 Å². The third-order valence-electron chi connectivity index (χ3n) is 1.83. The van der Waals surface area contributed by atoms with Gasteiger partial charge in [0.1, 0.15) is 0 Å². The predicted octanol–water partition coefficient (Wildman–Crippen LogP) is 2.33. The minimum Gasteiger partial charge on any atom is -0.460 e. The molecule has 0 fully saturated rings. The van der Waals surface area contributed by atoms with Crippen LogP contribution in [0, 0.1) is 0 Å². The number of hydrogen-bond acceptors (Lipinski definition) is 3. The Morgan fingerprint density at radius 2 is 1.87 bits per heavy atom. The van der Waals surface area contributed by atoms with Gasteiger partial charge >= 0.3 is 5.97 Å². The van der Waals surface area contributed by atoms with E-state index in [-0.39, 0.29) is 6.61 Å². The van der Waals surface area contributed by atoms with E-state index in [1.54, 1.807) is 31.2 Å². The Kier molecular flexibility index (Phi) is 4.49. The number of ether oxygens (including phenoxy) is 1. The molecule has 0 atom stereocenters. The average Bonchev–Trinajstić information content (AvgIpc) is 2.28. The molecule has 0 amide bonds. The maximum Gasteiger partial charge on any atom is 0.379 e. The normalized spacial score (nSPS) is 9.73. The Labute approximate surface area is 96.6 Å². The Morgan fingerprint density at radius 1 is 1.27 bits per heavy atom. The number of benzene rings is 1. The molecule has 0 saturated heterocycles. The Balaban J connectivity index is 2.78. The van der Waals surface area contributed by atoms with E-state index >= 15 is 0 Å². The van der Waals surface area contributed by atoms with Crippen molar-refractivity contribution in [2.24, 2.45) is 0 Å². The zero-order valence-corrected chi connectivity index (χ0v) is 9.91. The zero-order valence-electron chi connectivity index (χ0n) is 8.33. The molecular formula is C11H11BrO3. The van der Waals surface area contributed by atoms with Crippen molar-refractivity contribution in [3.05, 3.63) is 35.4 Å². The first-order valence-electron chi connectivity index (χ1n) is 4.55. The molecule has 0 radical (unpaired) electrons. The fourth-order valence-corrected chi connectivity index (χ4v) is 1.43. The molecule has 0 unspecified atom stereocenters.